The van der Waals surface area contributed by atoms with Crippen molar-refractivity contribution in [1.29, 1.82) is 0 Å². The predicted molar refractivity (Wildman–Crippen MR) is 137 cm³/mol. The number of ether oxygens (including phenoxy) is 1. The SMILES string of the molecule is C/C=C(\SCC)c1nc2c(nc1NC(=O)Cc1ccc(C)cc1)CCc1cc(OC)ccc1-2. The van der Waals surface area contributed by atoms with E-state index in [1.165, 1.54) is 11.1 Å². The lowest BCUT2D eigenvalue weighted by Crippen LogP contribution is -2.19. The number of thioether (sulfide) groups is 1. The fraction of sp³-hybridized carbons (Fsp3) is 0.296. The zero-order chi connectivity index (χ0) is 23.4. The third kappa shape index (κ3) is 5.11. The Morgan fingerprint density at radius 2 is 1.94 bits per heavy atom. The van der Waals surface area contributed by atoms with E-state index in [9.17, 15) is 4.79 Å². The first kappa shape index (κ1) is 23.1. The lowest BCUT2D eigenvalue weighted by Gasteiger charge is -2.22. The summed E-state index contributed by atoms with van der Waals surface area (Å²) in [6.07, 6.45) is 3.98. The van der Waals surface area contributed by atoms with Gasteiger partial charge in [-0.25, -0.2) is 9.97 Å². The molecule has 1 aliphatic rings. The van der Waals surface area contributed by atoms with Gasteiger partial charge in [-0.3, -0.25) is 4.79 Å². The number of benzene rings is 2. The molecule has 5 nitrogen and oxygen atoms in total. The van der Waals surface area contributed by atoms with Crippen LogP contribution in [0, 0.1) is 6.92 Å². The summed E-state index contributed by atoms with van der Waals surface area (Å²) in [5, 5.41) is 3.05. The van der Waals surface area contributed by atoms with Crippen LogP contribution in [0.2, 0.25) is 0 Å². The van der Waals surface area contributed by atoms with Crippen molar-refractivity contribution in [3.05, 3.63) is 76.6 Å². The molecular formula is C27H29N3O2S. The number of hydrogen-bond donors (Lipinski definition) is 1. The molecule has 33 heavy (non-hydrogen) atoms. The molecular weight excluding hydrogens is 430 g/mol. The number of nitrogens with one attached hydrogen (secondary N) is 1. The van der Waals surface area contributed by atoms with E-state index in [4.69, 9.17) is 14.7 Å². The van der Waals surface area contributed by atoms with E-state index in [1.54, 1.807) is 18.9 Å². The Kier molecular flexibility index (Phi) is 7.14. The van der Waals surface area contributed by atoms with Gasteiger partial charge in [0.1, 0.15) is 11.4 Å². The summed E-state index contributed by atoms with van der Waals surface area (Å²) < 4.78 is 5.40. The zero-order valence-corrected chi connectivity index (χ0v) is 20.4. The molecule has 0 atom stereocenters. The molecule has 6 heteroatoms. The van der Waals surface area contributed by atoms with E-state index in [1.807, 2.05) is 50.3 Å². The molecule has 0 spiro atoms. The Labute approximate surface area is 199 Å². The molecule has 1 aliphatic carbocycles. The smallest absolute Gasteiger partial charge is 0.230 e. The minimum absolute atomic E-state index is 0.0905. The largest absolute Gasteiger partial charge is 0.497 e. The van der Waals surface area contributed by atoms with Gasteiger partial charge >= 0.3 is 0 Å². The number of anilines is 1. The molecule has 1 heterocycles. The summed E-state index contributed by atoms with van der Waals surface area (Å²) in [7, 11) is 1.68. The summed E-state index contributed by atoms with van der Waals surface area (Å²) in [6, 6.07) is 14.1. The topological polar surface area (TPSA) is 64.1 Å². The van der Waals surface area contributed by atoms with E-state index in [0.717, 1.165) is 57.5 Å². The molecule has 2 aromatic carbocycles. The Morgan fingerprint density at radius 1 is 1.15 bits per heavy atom. The lowest BCUT2D eigenvalue weighted by molar-refractivity contribution is -0.115. The van der Waals surface area contributed by atoms with Crippen LogP contribution >= 0.6 is 11.8 Å². The quantitative estimate of drug-likeness (QED) is 0.480. The molecule has 1 amide bonds. The molecule has 0 saturated heterocycles. The molecule has 0 unspecified atom stereocenters. The monoisotopic (exact) mass is 459 g/mol. The van der Waals surface area contributed by atoms with Gasteiger partial charge in [0.25, 0.3) is 0 Å². The van der Waals surface area contributed by atoms with Crippen LogP contribution in [-0.4, -0.2) is 28.7 Å². The number of amides is 1. The third-order valence-electron chi connectivity index (χ3n) is 5.71. The highest BCUT2D eigenvalue weighted by atomic mass is 32.2. The van der Waals surface area contributed by atoms with Gasteiger partial charge in [0, 0.05) is 10.5 Å². The van der Waals surface area contributed by atoms with Crippen LogP contribution in [0.1, 0.15) is 41.9 Å². The highest BCUT2D eigenvalue weighted by molar-refractivity contribution is 8.08. The van der Waals surface area contributed by atoms with Crippen molar-refractivity contribution in [3.8, 4) is 17.0 Å². The molecule has 1 aromatic heterocycles. The van der Waals surface area contributed by atoms with Gasteiger partial charge in [0.15, 0.2) is 5.82 Å². The van der Waals surface area contributed by atoms with E-state index in [2.05, 4.69) is 24.4 Å². The average Bonchev–Trinajstić information content (AvgIpc) is 2.83. The Hall–Kier alpha value is -3.12. The molecule has 0 fully saturated rings. The molecule has 1 N–H and O–H groups in total. The number of carbonyl (C=O) groups is 1. The summed E-state index contributed by atoms with van der Waals surface area (Å²) in [5.41, 5.74) is 6.98. The molecule has 4 rings (SSSR count). The Bertz CT molecular complexity index is 1200. The van der Waals surface area contributed by atoms with Crippen molar-refractivity contribution in [1.82, 2.24) is 9.97 Å². The van der Waals surface area contributed by atoms with Gasteiger partial charge in [-0.05, 0) is 61.8 Å². The summed E-state index contributed by atoms with van der Waals surface area (Å²) >= 11 is 1.70. The second-order valence-corrected chi connectivity index (χ2v) is 9.34. The second kappa shape index (κ2) is 10.2. The fourth-order valence-corrected chi connectivity index (χ4v) is 4.78. The van der Waals surface area contributed by atoms with Gasteiger partial charge in [0.2, 0.25) is 5.91 Å². The maximum Gasteiger partial charge on any atom is 0.230 e. The standard InChI is InChI=1S/C27H29N3O2S/c1-5-23(33-6-2)26-27(29-24(31)15-18-9-7-17(3)8-10-18)28-22-14-11-19-16-20(32-4)12-13-21(19)25(22)30-26/h5,7-10,12-13,16H,6,11,14-15H2,1-4H3,(H,28,29,31)/b23-5-. The van der Waals surface area contributed by atoms with E-state index in [-0.39, 0.29) is 5.91 Å². The highest BCUT2D eigenvalue weighted by Gasteiger charge is 2.24. The minimum atomic E-state index is -0.0905. The van der Waals surface area contributed by atoms with Crippen LogP contribution in [-0.2, 0) is 24.1 Å². The van der Waals surface area contributed by atoms with Gasteiger partial charge in [-0.2, -0.15) is 0 Å². The first-order valence-corrected chi connectivity index (χ1v) is 12.2. The number of carbonyl (C=O) groups excluding carboxylic acids is 1. The van der Waals surface area contributed by atoms with Crippen molar-refractivity contribution < 1.29 is 9.53 Å². The number of aryl methyl sites for hydroxylation is 3. The molecule has 0 aliphatic heterocycles. The number of nitrogens with zero attached hydrogens (tertiary/aromatic N) is 2. The van der Waals surface area contributed by atoms with Crippen LogP contribution < -0.4 is 10.1 Å². The van der Waals surface area contributed by atoms with E-state index >= 15 is 0 Å². The fourth-order valence-electron chi connectivity index (χ4n) is 4.02. The molecule has 0 radical (unpaired) electrons. The van der Waals surface area contributed by atoms with E-state index in [0.29, 0.717) is 12.2 Å². The van der Waals surface area contributed by atoms with Crippen molar-refractivity contribution in [2.45, 2.75) is 40.0 Å². The van der Waals surface area contributed by atoms with Crippen molar-refractivity contribution in [2.24, 2.45) is 0 Å². The number of allylic oxidation sites excluding steroid dienone is 1. The van der Waals surface area contributed by atoms with Gasteiger partial charge in [-0.1, -0.05) is 42.8 Å². The Morgan fingerprint density at radius 3 is 2.64 bits per heavy atom. The summed E-state index contributed by atoms with van der Waals surface area (Å²) in [6.45, 7) is 6.14. The summed E-state index contributed by atoms with van der Waals surface area (Å²) in [4.78, 5) is 23.9. The molecule has 0 bridgehead atoms. The first-order valence-electron chi connectivity index (χ1n) is 11.3. The highest BCUT2D eigenvalue weighted by Crippen LogP contribution is 2.38. The minimum Gasteiger partial charge on any atom is -0.497 e. The van der Waals surface area contributed by atoms with Crippen LogP contribution in [0.15, 0.2) is 48.5 Å². The van der Waals surface area contributed by atoms with Crippen molar-refractivity contribution in [3.63, 3.8) is 0 Å². The third-order valence-corrected chi connectivity index (χ3v) is 6.73. The van der Waals surface area contributed by atoms with Crippen LogP contribution in [0.3, 0.4) is 0 Å². The maximum absolute atomic E-state index is 12.9. The number of aromatic nitrogens is 2. The van der Waals surface area contributed by atoms with Crippen LogP contribution in [0.25, 0.3) is 16.2 Å². The second-order valence-electron chi connectivity index (χ2n) is 8.04. The number of methoxy groups -OCH3 is 1. The van der Waals surface area contributed by atoms with Crippen LogP contribution in [0.5, 0.6) is 5.75 Å². The summed E-state index contributed by atoms with van der Waals surface area (Å²) in [5.74, 6) is 2.20. The first-order chi connectivity index (χ1) is 16.0. The number of rotatable bonds is 7. The molecule has 3 aromatic rings. The van der Waals surface area contributed by atoms with Crippen molar-refractivity contribution >= 4 is 28.4 Å². The van der Waals surface area contributed by atoms with Crippen molar-refractivity contribution in [2.75, 3.05) is 18.2 Å². The molecule has 170 valence electrons. The van der Waals surface area contributed by atoms with Crippen LogP contribution in [0.4, 0.5) is 5.82 Å². The lowest BCUT2D eigenvalue weighted by atomic mass is 9.91. The average molecular weight is 460 g/mol. The van der Waals surface area contributed by atoms with Gasteiger partial charge in [-0.15, -0.1) is 11.8 Å². The van der Waals surface area contributed by atoms with Gasteiger partial charge < -0.3 is 10.1 Å². The molecule has 0 saturated carbocycles. The van der Waals surface area contributed by atoms with Gasteiger partial charge in [0.05, 0.1) is 24.9 Å². The number of fused-ring (bicyclic) bond motifs is 3. The predicted octanol–water partition coefficient (Wildman–Crippen LogP) is 5.85. The maximum atomic E-state index is 12.9. The zero-order valence-electron chi connectivity index (χ0n) is 19.6. The number of hydrogen-bond acceptors (Lipinski definition) is 5. The Balaban J connectivity index is 1.72. The van der Waals surface area contributed by atoms with E-state index < -0.39 is 0 Å². The normalized spacial score (nSPS) is 12.7.